The molecule has 9 heteroatoms. The Hall–Kier alpha value is -1.74. The number of methoxy groups -OCH3 is 1. The van der Waals surface area contributed by atoms with Gasteiger partial charge in [-0.1, -0.05) is 6.07 Å². The maximum absolute atomic E-state index is 13.2. The van der Waals surface area contributed by atoms with Crippen LogP contribution in [0.3, 0.4) is 0 Å². The number of hydrogen-bond acceptors (Lipinski definition) is 4. The number of aliphatic carboxylic acids is 1. The van der Waals surface area contributed by atoms with Crippen molar-refractivity contribution in [2.45, 2.75) is 23.7 Å². The van der Waals surface area contributed by atoms with E-state index in [0.717, 1.165) is 4.31 Å². The maximum Gasteiger partial charge on any atom is 0.307 e. The lowest BCUT2D eigenvalue weighted by atomic mass is 10.00. The number of hydrogen-bond donors (Lipinski definition) is 1. The van der Waals surface area contributed by atoms with Crippen molar-refractivity contribution in [3.63, 3.8) is 0 Å². The van der Waals surface area contributed by atoms with Crippen LogP contribution < -0.4 is 4.74 Å². The zero-order valence-electron chi connectivity index (χ0n) is 12.3. The van der Waals surface area contributed by atoms with Crippen molar-refractivity contribution in [2.75, 3.05) is 20.2 Å². The Bertz CT molecular complexity index is 771. The van der Waals surface area contributed by atoms with Crippen molar-refractivity contribution in [2.24, 2.45) is 5.41 Å². The third-order valence-corrected chi connectivity index (χ3v) is 6.18. The second-order valence-corrected chi connectivity index (χ2v) is 7.90. The van der Waals surface area contributed by atoms with E-state index in [9.17, 15) is 22.0 Å². The highest BCUT2D eigenvalue weighted by Crippen LogP contribution is 2.65. The van der Waals surface area contributed by atoms with Crippen LogP contribution in [0.1, 0.15) is 12.0 Å². The average molecular weight is 347 g/mol. The molecule has 1 aliphatic heterocycles. The Balaban J connectivity index is 1.89. The molecule has 0 atom stereocenters. The first kappa shape index (κ1) is 16.1. The van der Waals surface area contributed by atoms with Gasteiger partial charge in [-0.15, -0.1) is 0 Å². The van der Waals surface area contributed by atoms with Crippen molar-refractivity contribution in [1.29, 1.82) is 0 Å². The molecule has 1 aromatic carbocycles. The van der Waals surface area contributed by atoms with Crippen molar-refractivity contribution in [3.05, 3.63) is 23.8 Å². The predicted molar refractivity (Wildman–Crippen MR) is 75.1 cm³/mol. The summed E-state index contributed by atoms with van der Waals surface area (Å²) in [6.07, 6.45) is -0.628. The maximum atomic E-state index is 13.2. The molecule has 1 saturated carbocycles. The lowest BCUT2D eigenvalue weighted by Gasteiger charge is -2.38. The molecule has 1 aromatic rings. The summed E-state index contributed by atoms with van der Waals surface area (Å²) in [7, 11) is -2.71. The largest absolute Gasteiger partial charge is 0.495 e. The molecule has 1 saturated heterocycles. The third-order valence-electron chi connectivity index (χ3n) is 4.37. The Kier molecular flexibility index (Phi) is 3.42. The zero-order valence-corrected chi connectivity index (χ0v) is 13.1. The number of ether oxygens (including phenoxy) is 1. The lowest BCUT2D eigenvalue weighted by molar-refractivity contribution is -0.136. The van der Waals surface area contributed by atoms with Crippen LogP contribution in [-0.4, -0.2) is 49.9 Å². The van der Waals surface area contributed by atoms with Crippen LogP contribution in [0.15, 0.2) is 23.1 Å². The van der Waals surface area contributed by atoms with E-state index in [0.29, 0.717) is 5.56 Å². The molecule has 1 spiro atoms. The number of alkyl halides is 2. The summed E-state index contributed by atoms with van der Waals surface area (Å²) in [5.74, 6) is -3.84. The van der Waals surface area contributed by atoms with Crippen molar-refractivity contribution < 1.29 is 31.8 Å². The van der Waals surface area contributed by atoms with E-state index in [4.69, 9.17) is 9.84 Å². The van der Waals surface area contributed by atoms with Gasteiger partial charge in [0.25, 0.3) is 5.92 Å². The summed E-state index contributed by atoms with van der Waals surface area (Å²) in [5, 5.41) is 8.81. The smallest absolute Gasteiger partial charge is 0.307 e. The number of carboxylic acid groups (broad SMARTS) is 1. The van der Waals surface area contributed by atoms with Gasteiger partial charge in [0.05, 0.1) is 18.9 Å². The van der Waals surface area contributed by atoms with Gasteiger partial charge in [-0.2, -0.15) is 4.31 Å². The molecular formula is C14H15F2NO5S. The summed E-state index contributed by atoms with van der Waals surface area (Å²) in [6.45, 7) is -0.455. The number of nitrogens with zero attached hydrogens (tertiary/aromatic N) is 1. The molecule has 1 N–H and O–H groups in total. The van der Waals surface area contributed by atoms with E-state index >= 15 is 0 Å². The minimum absolute atomic E-state index is 0.0580. The number of sulfonamides is 1. The highest BCUT2D eigenvalue weighted by atomic mass is 32.2. The van der Waals surface area contributed by atoms with E-state index in [2.05, 4.69) is 0 Å². The highest BCUT2D eigenvalue weighted by molar-refractivity contribution is 7.89. The van der Waals surface area contributed by atoms with Crippen LogP contribution in [0, 0.1) is 5.41 Å². The molecular weight excluding hydrogens is 332 g/mol. The van der Waals surface area contributed by atoms with Crippen LogP contribution >= 0.6 is 0 Å². The van der Waals surface area contributed by atoms with Crippen molar-refractivity contribution in [1.82, 2.24) is 4.31 Å². The molecule has 3 rings (SSSR count). The molecule has 0 aromatic heterocycles. The Morgan fingerprint density at radius 1 is 1.39 bits per heavy atom. The molecule has 2 aliphatic rings. The molecule has 126 valence electrons. The van der Waals surface area contributed by atoms with Gasteiger partial charge in [-0.3, -0.25) is 4.79 Å². The normalized spacial score (nSPS) is 21.7. The second kappa shape index (κ2) is 4.88. The number of carbonyl (C=O) groups is 1. The summed E-state index contributed by atoms with van der Waals surface area (Å²) < 4.78 is 57.7. The summed E-state index contributed by atoms with van der Waals surface area (Å²) >= 11 is 0. The standard InChI is InChI=1S/C14H15F2NO5S/c1-22-10-3-2-9(5-12(18)19)4-11(10)23(20,21)17-7-13(8-17)6-14(13,15)16/h2-4H,5-8H2,1H3,(H,18,19). The minimum Gasteiger partial charge on any atom is -0.495 e. The van der Waals surface area contributed by atoms with Gasteiger partial charge in [0.2, 0.25) is 10.0 Å². The first-order valence-electron chi connectivity index (χ1n) is 6.88. The van der Waals surface area contributed by atoms with E-state index < -0.39 is 27.3 Å². The topological polar surface area (TPSA) is 83.9 Å². The van der Waals surface area contributed by atoms with Gasteiger partial charge in [0, 0.05) is 19.5 Å². The zero-order chi connectivity index (χ0) is 17.0. The Morgan fingerprint density at radius 2 is 2.00 bits per heavy atom. The molecule has 6 nitrogen and oxygen atoms in total. The SMILES string of the molecule is COc1ccc(CC(=O)O)cc1S(=O)(=O)N1CC2(C1)CC2(F)F. The predicted octanol–water partition coefficient (Wildman–Crippen LogP) is 1.35. The molecule has 1 heterocycles. The lowest BCUT2D eigenvalue weighted by Crippen LogP contribution is -2.53. The third kappa shape index (κ3) is 2.47. The summed E-state index contributed by atoms with van der Waals surface area (Å²) in [5.41, 5.74) is -0.921. The first-order valence-corrected chi connectivity index (χ1v) is 8.32. The molecule has 23 heavy (non-hydrogen) atoms. The van der Waals surface area contributed by atoms with E-state index in [1.165, 1.54) is 25.3 Å². The average Bonchev–Trinajstić information content (AvgIpc) is 3.00. The second-order valence-electron chi connectivity index (χ2n) is 5.99. The van der Waals surface area contributed by atoms with Gasteiger partial charge >= 0.3 is 5.97 Å². The summed E-state index contributed by atoms with van der Waals surface area (Å²) in [4.78, 5) is 10.6. The molecule has 0 radical (unpaired) electrons. The van der Waals surface area contributed by atoms with Crippen molar-refractivity contribution >= 4 is 16.0 Å². The van der Waals surface area contributed by atoms with Crippen LogP contribution in [0.2, 0.25) is 0 Å². The quantitative estimate of drug-likeness (QED) is 0.869. The van der Waals surface area contributed by atoms with Gasteiger partial charge in [0.15, 0.2) is 0 Å². The van der Waals surface area contributed by atoms with Crippen LogP contribution in [-0.2, 0) is 21.2 Å². The molecule has 0 amide bonds. The number of rotatable bonds is 5. The van der Waals surface area contributed by atoms with E-state index in [1.54, 1.807) is 0 Å². The van der Waals surface area contributed by atoms with Crippen LogP contribution in [0.25, 0.3) is 0 Å². The monoisotopic (exact) mass is 347 g/mol. The highest BCUT2D eigenvalue weighted by Gasteiger charge is 2.77. The Morgan fingerprint density at radius 3 is 2.48 bits per heavy atom. The minimum atomic E-state index is -4.00. The molecule has 0 bridgehead atoms. The number of halogens is 2. The van der Waals surface area contributed by atoms with Gasteiger partial charge in [-0.05, 0) is 17.7 Å². The fourth-order valence-corrected chi connectivity index (χ4v) is 4.69. The van der Waals surface area contributed by atoms with Gasteiger partial charge < -0.3 is 9.84 Å². The van der Waals surface area contributed by atoms with E-state index in [-0.39, 0.29) is 36.6 Å². The van der Waals surface area contributed by atoms with Gasteiger partial charge in [0.1, 0.15) is 10.6 Å². The van der Waals surface area contributed by atoms with Gasteiger partial charge in [-0.25, -0.2) is 17.2 Å². The molecule has 0 unspecified atom stereocenters. The van der Waals surface area contributed by atoms with Crippen LogP contribution in [0.5, 0.6) is 5.75 Å². The number of benzene rings is 1. The fourth-order valence-electron chi connectivity index (χ4n) is 2.87. The fraction of sp³-hybridized carbons (Fsp3) is 0.500. The molecule has 2 fully saturated rings. The van der Waals surface area contributed by atoms with Crippen molar-refractivity contribution in [3.8, 4) is 5.75 Å². The number of carboxylic acids is 1. The molecule has 1 aliphatic carbocycles. The summed E-state index contributed by atoms with van der Waals surface area (Å²) in [6, 6.07) is 4.05. The Labute approximate surface area is 131 Å². The first-order chi connectivity index (χ1) is 10.6. The van der Waals surface area contributed by atoms with E-state index in [1.807, 2.05) is 0 Å². The van der Waals surface area contributed by atoms with Crippen LogP contribution in [0.4, 0.5) is 8.78 Å².